The Morgan fingerprint density at radius 1 is 1.06 bits per heavy atom. The van der Waals surface area contributed by atoms with E-state index in [9.17, 15) is 0 Å². The van der Waals surface area contributed by atoms with Crippen LogP contribution in [0.25, 0.3) is 0 Å². The summed E-state index contributed by atoms with van der Waals surface area (Å²) in [6.45, 7) is 3.61. The molecule has 0 bridgehead atoms. The smallest absolute Gasteiger partial charge is 0.211 e. The summed E-state index contributed by atoms with van der Waals surface area (Å²) in [4.78, 5) is 0. The van der Waals surface area contributed by atoms with E-state index < -0.39 is 9.04 Å². The molecule has 2 saturated heterocycles. The van der Waals surface area contributed by atoms with Crippen LogP contribution in [0, 0.1) is 11.8 Å². The Morgan fingerprint density at radius 3 is 2.00 bits per heavy atom. The summed E-state index contributed by atoms with van der Waals surface area (Å²) >= 11 is 0. The van der Waals surface area contributed by atoms with Crippen molar-refractivity contribution in [1.29, 1.82) is 0 Å². The first-order valence-corrected chi connectivity index (χ1v) is 8.35. The van der Waals surface area contributed by atoms with Crippen LogP contribution in [0.4, 0.5) is 0 Å². The molecular formula is C14H20O3Si. The topological polar surface area (TPSA) is 27.7 Å². The van der Waals surface area contributed by atoms with E-state index in [1.165, 1.54) is 5.19 Å². The third-order valence-corrected chi connectivity index (χ3v) is 7.49. The zero-order valence-corrected chi connectivity index (χ0v) is 11.9. The first-order valence-electron chi connectivity index (χ1n) is 6.63. The van der Waals surface area contributed by atoms with E-state index in [-0.39, 0.29) is 0 Å². The molecule has 1 atom stereocenters. The molecule has 2 aliphatic rings. The van der Waals surface area contributed by atoms with E-state index in [0.717, 1.165) is 26.4 Å². The van der Waals surface area contributed by atoms with Gasteiger partial charge in [0.2, 0.25) is 9.04 Å². The summed E-state index contributed by atoms with van der Waals surface area (Å²) in [5.74, 6) is 1.35. The molecule has 0 aliphatic carbocycles. The van der Waals surface area contributed by atoms with Crippen molar-refractivity contribution in [3.05, 3.63) is 30.3 Å². The summed E-state index contributed by atoms with van der Waals surface area (Å²) in [6.07, 6.45) is 0. The molecule has 3 nitrogen and oxygen atoms in total. The zero-order valence-electron chi connectivity index (χ0n) is 10.7. The van der Waals surface area contributed by atoms with Crippen LogP contribution in [0.15, 0.2) is 30.3 Å². The standard InChI is InChI=1S/C14H20O3Si/c1-15-18(13-5-3-2-4-6-13)14(11-7-16-8-11)12-9-17-10-12/h2-6,11-12,14,18H,7-10H2,1H3. The van der Waals surface area contributed by atoms with E-state index in [0.29, 0.717) is 17.4 Å². The quantitative estimate of drug-likeness (QED) is 0.741. The van der Waals surface area contributed by atoms with Gasteiger partial charge in [-0.2, -0.15) is 0 Å². The number of hydrogen-bond acceptors (Lipinski definition) is 3. The maximum atomic E-state index is 5.94. The summed E-state index contributed by atoms with van der Waals surface area (Å²) in [6, 6.07) is 10.7. The maximum Gasteiger partial charge on any atom is 0.211 e. The van der Waals surface area contributed by atoms with Crippen molar-refractivity contribution < 1.29 is 13.9 Å². The third kappa shape index (κ3) is 2.25. The van der Waals surface area contributed by atoms with Gasteiger partial charge in [0, 0.05) is 18.9 Å². The van der Waals surface area contributed by atoms with Crippen LogP contribution < -0.4 is 5.19 Å². The fraction of sp³-hybridized carbons (Fsp3) is 0.571. The van der Waals surface area contributed by atoms with Gasteiger partial charge in [0.25, 0.3) is 0 Å². The van der Waals surface area contributed by atoms with Crippen LogP contribution in [0.5, 0.6) is 0 Å². The highest BCUT2D eigenvalue weighted by Gasteiger charge is 2.44. The Hall–Kier alpha value is -0.683. The molecule has 2 aliphatic heterocycles. The number of rotatable bonds is 5. The van der Waals surface area contributed by atoms with Gasteiger partial charge in [-0.25, -0.2) is 0 Å². The molecule has 2 heterocycles. The van der Waals surface area contributed by atoms with Gasteiger partial charge in [-0.15, -0.1) is 0 Å². The van der Waals surface area contributed by atoms with Gasteiger partial charge in [-0.1, -0.05) is 30.3 Å². The normalized spacial score (nSPS) is 22.6. The molecular weight excluding hydrogens is 244 g/mol. The van der Waals surface area contributed by atoms with Gasteiger partial charge in [0.15, 0.2) is 0 Å². The first kappa shape index (κ1) is 12.4. The van der Waals surface area contributed by atoms with Crippen molar-refractivity contribution >= 4 is 14.2 Å². The molecule has 2 fully saturated rings. The third-order valence-electron chi connectivity index (χ3n) is 4.15. The average molecular weight is 264 g/mol. The molecule has 4 heteroatoms. The SMILES string of the molecule is CO[SiH](c1ccccc1)C(C1COC1)C1COC1. The highest BCUT2D eigenvalue weighted by Crippen LogP contribution is 2.39. The lowest BCUT2D eigenvalue weighted by Crippen LogP contribution is -2.52. The van der Waals surface area contributed by atoms with Gasteiger partial charge >= 0.3 is 0 Å². The lowest BCUT2D eigenvalue weighted by molar-refractivity contribution is -0.0915. The van der Waals surface area contributed by atoms with Crippen LogP contribution in [0.1, 0.15) is 0 Å². The van der Waals surface area contributed by atoms with Crippen molar-refractivity contribution in [3.8, 4) is 0 Å². The number of hydrogen-bond donors (Lipinski definition) is 0. The van der Waals surface area contributed by atoms with Crippen LogP contribution in [0.2, 0.25) is 5.54 Å². The van der Waals surface area contributed by atoms with Gasteiger partial charge in [-0.3, -0.25) is 0 Å². The van der Waals surface area contributed by atoms with Gasteiger partial charge in [0.1, 0.15) is 0 Å². The van der Waals surface area contributed by atoms with E-state index >= 15 is 0 Å². The zero-order chi connectivity index (χ0) is 12.4. The van der Waals surface area contributed by atoms with Gasteiger partial charge in [0.05, 0.1) is 26.4 Å². The second-order valence-electron chi connectivity index (χ2n) is 5.24. The summed E-state index contributed by atoms with van der Waals surface area (Å²) in [5.41, 5.74) is 0.653. The maximum absolute atomic E-state index is 5.94. The Bertz CT molecular complexity index is 362. The highest BCUT2D eigenvalue weighted by atomic mass is 28.3. The van der Waals surface area contributed by atoms with Crippen LogP contribution in [0.3, 0.4) is 0 Å². The number of benzene rings is 1. The Balaban J connectivity index is 1.82. The summed E-state index contributed by atoms with van der Waals surface area (Å²) in [5, 5.41) is 1.41. The monoisotopic (exact) mass is 264 g/mol. The van der Waals surface area contributed by atoms with Crippen LogP contribution >= 0.6 is 0 Å². The Kier molecular flexibility index (Phi) is 3.79. The summed E-state index contributed by atoms with van der Waals surface area (Å²) in [7, 11) is 0.476. The van der Waals surface area contributed by atoms with Gasteiger partial charge in [-0.05, 0) is 10.7 Å². The van der Waals surface area contributed by atoms with E-state index in [1.807, 2.05) is 7.11 Å². The molecule has 1 unspecified atom stereocenters. The van der Waals surface area contributed by atoms with E-state index in [2.05, 4.69) is 30.3 Å². The molecule has 3 rings (SSSR count). The van der Waals surface area contributed by atoms with Crippen LogP contribution in [-0.2, 0) is 13.9 Å². The molecule has 18 heavy (non-hydrogen) atoms. The molecule has 1 aromatic carbocycles. The molecule has 0 aromatic heterocycles. The Labute approximate surface area is 110 Å². The minimum Gasteiger partial charge on any atom is -0.418 e. The minimum atomic E-state index is -1.39. The second-order valence-corrected chi connectivity index (χ2v) is 7.99. The predicted octanol–water partition coefficient (Wildman–Crippen LogP) is 0.927. The molecule has 0 spiro atoms. The Morgan fingerprint density at radius 2 is 1.61 bits per heavy atom. The second kappa shape index (κ2) is 5.53. The van der Waals surface area contributed by atoms with E-state index in [1.54, 1.807) is 0 Å². The van der Waals surface area contributed by atoms with Gasteiger partial charge < -0.3 is 13.9 Å². The fourth-order valence-electron chi connectivity index (χ4n) is 2.99. The van der Waals surface area contributed by atoms with E-state index in [4.69, 9.17) is 13.9 Å². The fourth-order valence-corrected chi connectivity index (χ4v) is 6.06. The minimum absolute atomic E-state index is 0.653. The first-order chi connectivity index (χ1) is 8.90. The van der Waals surface area contributed by atoms with Crippen molar-refractivity contribution in [1.82, 2.24) is 0 Å². The molecule has 1 aromatic rings. The molecule has 0 amide bonds. The van der Waals surface area contributed by atoms with Crippen molar-refractivity contribution in [2.24, 2.45) is 11.8 Å². The van der Waals surface area contributed by atoms with Crippen LogP contribution in [-0.4, -0.2) is 42.6 Å². The van der Waals surface area contributed by atoms with Crippen molar-refractivity contribution in [2.75, 3.05) is 33.5 Å². The lowest BCUT2D eigenvalue weighted by Gasteiger charge is -2.44. The van der Waals surface area contributed by atoms with Crippen molar-refractivity contribution in [2.45, 2.75) is 5.54 Å². The number of ether oxygens (including phenoxy) is 2. The highest BCUT2D eigenvalue weighted by molar-refractivity contribution is 6.69. The lowest BCUT2D eigenvalue weighted by atomic mass is 9.91. The average Bonchev–Trinajstić information content (AvgIpc) is 2.27. The van der Waals surface area contributed by atoms with Crippen molar-refractivity contribution in [3.63, 3.8) is 0 Å². The molecule has 0 saturated carbocycles. The predicted molar refractivity (Wildman–Crippen MR) is 72.6 cm³/mol. The molecule has 0 radical (unpaired) electrons. The molecule has 98 valence electrons. The molecule has 0 N–H and O–H groups in total. The summed E-state index contributed by atoms with van der Waals surface area (Å²) < 4.78 is 16.7. The largest absolute Gasteiger partial charge is 0.418 e.